The molecule has 0 saturated carbocycles. The van der Waals surface area contributed by atoms with Crippen LogP contribution in [0.25, 0.3) is 0 Å². The van der Waals surface area contributed by atoms with Crippen molar-refractivity contribution in [2.75, 3.05) is 7.11 Å². The maximum atomic E-state index is 13.1. The summed E-state index contributed by atoms with van der Waals surface area (Å²) in [6.07, 6.45) is -4.26. The molecule has 0 unspecified atom stereocenters. The quantitative estimate of drug-likeness (QED) is 0.568. The van der Waals surface area contributed by atoms with Gasteiger partial charge in [0.05, 0.1) is 12.7 Å². The molecule has 0 N–H and O–H groups in total. The highest BCUT2D eigenvalue weighted by Gasteiger charge is 2.41. The van der Waals surface area contributed by atoms with Gasteiger partial charge in [-0.3, -0.25) is 4.79 Å². The van der Waals surface area contributed by atoms with Crippen molar-refractivity contribution < 1.29 is 27.1 Å². The van der Waals surface area contributed by atoms with Crippen molar-refractivity contribution in [2.45, 2.75) is 6.18 Å². The van der Waals surface area contributed by atoms with E-state index in [2.05, 4.69) is 9.72 Å². The SMILES string of the molecule is COc1nccc(C(=O)C(F)(F)F)c1F. The van der Waals surface area contributed by atoms with Crippen LogP contribution < -0.4 is 4.74 Å². The van der Waals surface area contributed by atoms with Gasteiger partial charge in [-0.2, -0.15) is 13.2 Å². The molecule has 1 aromatic heterocycles. The minimum absolute atomic E-state index is 0.647. The van der Waals surface area contributed by atoms with Gasteiger partial charge in [0, 0.05) is 6.20 Å². The number of nitrogens with zero attached hydrogens (tertiary/aromatic N) is 1. The molecule has 15 heavy (non-hydrogen) atoms. The third-order valence-corrected chi connectivity index (χ3v) is 1.55. The van der Waals surface area contributed by atoms with Gasteiger partial charge in [-0.1, -0.05) is 0 Å². The van der Waals surface area contributed by atoms with E-state index in [-0.39, 0.29) is 0 Å². The average molecular weight is 223 g/mol. The smallest absolute Gasteiger partial charge is 0.454 e. The largest absolute Gasteiger partial charge is 0.479 e. The van der Waals surface area contributed by atoms with Crippen LogP contribution in [0.4, 0.5) is 17.6 Å². The zero-order chi connectivity index (χ0) is 11.6. The molecule has 0 aliphatic carbocycles. The van der Waals surface area contributed by atoms with Crippen molar-refractivity contribution in [2.24, 2.45) is 0 Å². The summed E-state index contributed by atoms with van der Waals surface area (Å²) in [6, 6.07) is 0.647. The van der Waals surface area contributed by atoms with Crippen LogP contribution in [0, 0.1) is 5.82 Å². The molecule has 0 bridgehead atoms. The highest BCUT2D eigenvalue weighted by atomic mass is 19.4. The zero-order valence-electron chi connectivity index (χ0n) is 7.43. The highest BCUT2D eigenvalue weighted by Crippen LogP contribution is 2.25. The van der Waals surface area contributed by atoms with E-state index in [1.807, 2.05) is 0 Å². The Morgan fingerprint density at radius 2 is 2.07 bits per heavy atom. The van der Waals surface area contributed by atoms with Gasteiger partial charge in [-0.05, 0) is 6.07 Å². The molecule has 0 amide bonds. The summed E-state index contributed by atoms with van der Waals surface area (Å²) in [4.78, 5) is 14.0. The first-order chi connectivity index (χ1) is 6.88. The highest BCUT2D eigenvalue weighted by molar-refractivity contribution is 6.00. The second kappa shape index (κ2) is 3.84. The van der Waals surface area contributed by atoms with Crippen molar-refractivity contribution in [3.63, 3.8) is 0 Å². The lowest BCUT2D eigenvalue weighted by atomic mass is 10.1. The summed E-state index contributed by atoms with van der Waals surface area (Å²) in [5.74, 6) is -4.33. The maximum Gasteiger partial charge on any atom is 0.454 e. The topological polar surface area (TPSA) is 39.2 Å². The number of Topliss-reactive ketones (excluding diaryl/α,β-unsaturated/α-hetero) is 1. The van der Waals surface area contributed by atoms with Crippen LogP contribution in [-0.2, 0) is 0 Å². The number of hydrogen-bond acceptors (Lipinski definition) is 3. The predicted molar refractivity (Wildman–Crippen MR) is 41.1 cm³/mol. The second-order valence-electron chi connectivity index (χ2n) is 2.51. The summed E-state index contributed by atoms with van der Waals surface area (Å²) in [7, 11) is 1.03. The number of methoxy groups -OCH3 is 1. The summed E-state index contributed by atoms with van der Waals surface area (Å²) in [5, 5.41) is 0. The van der Waals surface area contributed by atoms with Crippen LogP contribution >= 0.6 is 0 Å². The third kappa shape index (κ3) is 2.23. The molecule has 0 aromatic carbocycles. The minimum Gasteiger partial charge on any atom is -0.479 e. The Kier molecular flexibility index (Phi) is 2.92. The van der Waals surface area contributed by atoms with E-state index in [1.165, 1.54) is 0 Å². The van der Waals surface area contributed by atoms with Crippen LogP contribution in [0.1, 0.15) is 10.4 Å². The monoisotopic (exact) mass is 223 g/mol. The van der Waals surface area contributed by atoms with Gasteiger partial charge < -0.3 is 4.74 Å². The number of ether oxygens (including phenoxy) is 1. The van der Waals surface area contributed by atoms with Crippen LogP contribution in [0.2, 0.25) is 0 Å². The van der Waals surface area contributed by atoms with Gasteiger partial charge in [0.25, 0.3) is 11.7 Å². The molecular weight excluding hydrogens is 218 g/mol. The summed E-state index contributed by atoms with van der Waals surface area (Å²) >= 11 is 0. The predicted octanol–water partition coefficient (Wildman–Crippen LogP) is 1.97. The van der Waals surface area contributed by atoms with Crippen molar-refractivity contribution in [1.82, 2.24) is 4.98 Å². The Labute approximate surface area is 81.7 Å². The number of carbonyl (C=O) groups excluding carboxylic acids is 1. The Morgan fingerprint density at radius 3 is 2.53 bits per heavy atom. The number of carbonyl (C=O) groups is 1. The lowest BCUT2D eigenvalue weighted by Crippen LogP contribution is -2.24. The first kappa shape index (κ1) is 11.4. The van der Waals surface area contributed by atoms with Crippen LogP contribution in [0.3, 0.4) is 0 Å². The molecule has 0 radical (unpaired) electrons. The summed E-state index contributed by atoms with van der Waals surface area (Å²) in [5.41, 5.74) is -1.10. The number of halogens is 4. The van der Waals surface area contributed by atoms with E-state index >= 15 is 0 Å². The molecule has 0 fully saturated rings. The summed E-state index contributed by atoms with van der Waals surface area (Å²) < 4.78 is 53.4. The van der Waals surface area contributed by atoms with Gasteiger partial charge >= 0.3 is 6.18 Å². The lowest BCUT2D eigenvalue weighted by molar-refractivity contribution is -0.0887. The van der Waals surface area contributed by atoms with E-state index < -0.39 is 29.2 Å². The third-order valence-electron chi connectivity index (χ3n) is 1.55. The molecule has 0 saturated heterocycles. The molecule has 82 valence electrons. The fourth-order valence-electron chi connectivity index (χ4n) is 0.895. The average Bonchev–Trinajstić information content (AvgIpc) is 2.16. The van der Waals surface area contributed by atoms with E-state index in [0.29, 0.717) is 6.07 Å². The van der Waals surface area contributed by atoms with Gasteiger partial charge in [-0.15, -0.1) is 0 Å². The first-order valence-corrected chi connectivity index (χ1v) is 3.68. The first-order valence-electron chi connectivity index (χ1n) is 3.68. The molecule has 0 aliphatic rings. The molecule has 3 nitrogen and oxygen atoms in total. The minimum atomic E-state index is -5.12. The molecule has 1 rings (SSSR count). The summed E-state index contributed by atoms with van der Waals surface area (Å²) in [6.45, 7) is 0. The number of ketones is 1. The molecule has 1 heterocycles. The van der Waals surface area contributed by atoms with Gasteiger partial charge in [0.2, 0.25) is 0 Å². The maximum absolute atomic E-state index is 13.1. The molecule has 1 aromatic rings. The molecule has 7 heteroatoms. The Balaban J connectivity index is 3.22. The van der Waals surface area contributed by atoms with E-state index in [1.54, 1.807) is 0 Å². The van der Waals surface area contributed by atoms with E-state index in [4.69, 9.17) is 0 Å². The number of aromatic nitrogens is 1. The lowest BCUT2D eigenvalue weighted by Gasteiger charge is -2.07. The number of rotatable bonds is 2. The fraction of sp³-hybridized carbons (Fsp3) is 0.250. The Hall–Kier alpha value is -1.66. The number of hydrogen-bond donors (Lipinski definition) is 0. The fourth-order valence-corrected chi connectivity index (χ4v) is 0.895. The normalized spacial score (nSPS) is 11.3. The van der Waals surface area contributed by atoms with Gasteiger partial charge in [-0.25, -0.2) is 9.37 Å². The van der Waals surface area contributed by atoms with Crippen LogP contribution in [0.15, 0.2) is 12.3 Å². The van der Waals surface area contributed by atoms with Crippen molar-refractivity contribution in [3.8, 4) is 5.88 Å². The molecule has 0 atom stereocenters. The van der Waals surface area contributed by atoms with Gasteiger partial charge in [0.15, 0.2) is 5.82 Å². The zero-order valence-corrected chi connectivity index (χ0v) is 7.43. The number of pyridine rings is 1. The second-order valence-corrected chi connectivity index (χ2v) is 2.51. The van der Waals surface area contributed by atoms with Crippen molar-refractivity contribution >= 4 is 5.78 Å². The molecule has 0 spiro atoms. The van der Waals surface area contributed by atoms with Crippen molar-refractivity contribution in [3.05, 3.63) is 23.6 Å². The van der Waals surface area contributed by atoms with Gasteiger partial charge in [0.1, 0.15) is 0 Å². The molecular formula is C8H5F4NO2. The molecule has 0 aliphatic heterocycles. The van der Waals surface area contributed by atoms with Crippen LogP contribution in [-0.4, -0.2) is 24.1 Å². The standard InChI is InChI=1S/C8H5F4NO2/c1-15-7-5(9)4(2-3-13-7)6(14)8(10,11)12/h2-3H,1H3. The van der Waals surface area contributed by atoms with Crippen LogP contribution in [0.5, 0.6) is 5.88 Å². The Morgan fingerprint density at radius 1 is 1.47 bits per heavy atom. The Bertz CT molecular complexity index is 389. The van der Waals surface area contributed by atoms with Crippen molar-refractivity contribution in [1.29, 1.82) is 0 Å². The van der Waals surface area contributed by atoms with E-state index in [0.717, 1.165) is 13.3 Å². The van der Waals surface area contributed by atoms with E-state index in [9.17, 15) is 22.4 Å². The number of alkyl halides is 3.